The van der Waals surface area contributed by atoms with Gasteiger partial charge in [0.15, 0.2) is 0 Å². The van der Waals surface area contributed by atoms with E-state index in [1.54, 1.807) is 0 Å². The van der Waals surface area contributed by atoms with Crippen molar-refractivity contribution in [3.05, 3.63) is 71.8 Å². The van der Waals surface area contributed by atoms with Gasteiger partial charge in [-0.15, -0.1) is 0 Å². The maximum atomic E-state index is 13.3. The summed E-state index contributed by atoms with van der Waals surface area (Å²) in [7, 11) is 0. The number of nitrogens with one attached hydrogen (secondary N) is 1. The lowest BCUT2D eigenvalue weighted by molar-refractivity contribution is -0.141. The number of carbonyl (C=O) groups is 3. The second kappa shape index (κ2) is 11.8. The first-order valence-corrected chi connectivity index (χ1v) is 12.3. The second-order valence-corrected chi connectivity index (χ2v) is 9.55. The highest BCUT2D eigenvalue weighted by atomic mass is 16.4. The summed E-state index contributed by atoms with van der Waals surface area (Å²) in [4.78, 5) is 39.8. The van der Waals surface area contributed by atoms with Crippen molar-refractivity contribution in [3.8, 4) is 0 Å². The van der Waals surface area contributed by atoms with Gasteiger partial charge in [-0.25, -0.2) is 4.79 Å². The molecule has 2 aromatic rings. The van der Waals surface area contributed by atoms with Gasteiger partial charge >= 0.3 is 6.09 Å². The van der Waals surface area contributed by atoms with Gasteiger partial charge in [-0.05, 0) is 49.1 Å². The smallest absolute Gasteiger partial charge is 0.407 e. The minimum Gasteiger partial charge on any atom is -0.465 e. The number of ketones is 1. The zero-order valence-corrected chi connectivity index (χ0v) is 20.2. The standard InChI is InChI=1S/C28H36N2O4/c1-3-4-16-24(25(31)26(32)29-21(2)23-14-9-6-10-15-23)30(27(33)34)20-28(17-11-18-28)19-22-12-7-5-8-13-22/h5-10,12-15,21,24H,3-4,11,16-20H2,1-2H3,(H,29,32)(H,33,34)/t21?,24-/m1/s1. The molecule has 1 aliphatic rings. The van der Waals surface area contributed by atoms with Gasteiger partial charge in [-0.1, -0.05) is 86.8 Å². The van der Waals surface area contributed by atoms with Crippen LogP contribution in [0, 0.1) is 5.41 Å². The molecule has 3 rings (SSSR count). The molecule has 0 radical (unpaired) electrons. The molecule has 1 aliphatic carbocycles. The molecule has 6 heteroatoms. The Bertz CT molecular complexity index is 957. The highest BCUT2D eigenvalue weighted by Crippen LogP contribution is 2.45. The number of hydrogen-bond acceptors (Lipinski definition) is 3. The van der Waals surface area contributed by atoms with Crippen molar-refractivity contribution < 1.29 is 19.5 Å². The second-order valence-electron chi connectivity index (χ2n) is 9.55. The fourth-order valence-electron chi connectivity index (χ4n) is 4.84. The predicted molar refractivity (Wildman–Crippen MR) is 132 cm³/mol. The third-order valence-corrected chi connectivity index (χ3v) is 6.97. The van der Waals surface area contributed by atoms with Gasteiger partial charge in [0.05, 0.1) is 6.04 Å². The Balaban J connectivity index is 1.77. The number of unbranched alkanes of at least 4 members (excludes halogenated alkanes) is 1. The molecule has 2 amide bonds. The van der Waals surface area contributed by atoms with Crippen LogP contribution in [0.15, 0.2) is 60.7 Å². The number of Topliss-reactive ketones (excluding diaryl/α,β-unsaturated/α-hetero) is 1. The zero-order valence-electron chi connectivity index (χ0n) is 20.2. The van der Waals surface area contributed by atoms with Crippen molar-refractivity contribution >= 4 is 17.8 Å². The van der Waals surface area contributed by atoms with E-state index < -0.39 is 23.8 Å². The molecule has 182 valence electrons. The molecule has 34 heavy (non-hydrogen) atoms. The molecular formula is C28H36N2O4. The minimum atomic E-state index is -1.14. The summed E-state index contributed by atoms with van der Waals surface area (Å²) in [6.07, 6.45) is 4.33. The Kier molecular flexibility index (Phi) is 8.85. The van der Waals surface area contributed by atoms with Crippen molar-refractivity contribution in [2.45, 2.75) is 70.9 Å². The molecule has 0 spiro atoms. The average molecular weight is 465 g/mol. The molecule has 0 aliphatic heterocycles. The lowest BCUT2D eigenvalue weighted by Gasteiger charge is -2.46. The molecule has 2 atom stereocenters. The molecule has 0 saturated heterocycles. The third-order valence-electron chi connectivity index (χ3n) is 6.97. The first-order chi connectivity index (χ1) is 16.3. The Hall–Kier alpha value is -3.15. The largest absolute Gasteiger partial charge is 0.465 e. The predicted octanol–water partition coefficient (Wildman–Crippen LogP) is 5.38. The number of amides is 2. The molecule has 1 unspecified atom stereocenters. The maximum absolute atomic E-state index is 13.3. The Morgan fingerprint density at radius 1 is 1.03 bits per heavy atom. The van der Waals surface area contributed by atoms with E-state index in [-0.39, 0.29) is 18.0 Å². The van der Waals surface area contributed by atoms with Crippen LogP contribution in [-0.4, -0.2) is 40.4 Å². The van der Waals surface area contributed by atoms with Crippen LogP contribution >= 0.6 is 0 Å². The fraction of sp³-hybridized carbons (Fsp3) is 0.464. The van der Waals surface area contributed by atoms with Crippen LogP contribution in [0.5, 0.6) is 0 Å². The van der Waals surface area contributed by atoms with E-state index in [4.69, 9.17) is 0 Å². The fourth-order valence-corrected chi connectivity index (χ4v) is 4.84. The van der Waals surface area contributed by atoms with Gasteiger partial charge in [0.2, 0.25) is 5.78 Å². The van der Waals surface area contributed by atoms with Gasteiger partial charge in [0.25, 0.3) is 5.91 Å². The summed E-state index contributed by atoms with van der Waals surface area (Å²) >= 11 is 0. The van der Waals surface area contributed by atoms with E-state index in [1.807, 2.05) is 62.4 Å². The first-order valence-electron chi connectivity index (χ1n) is 12.3. The number of hydrogen-bond donors (Lipinski definition) is 2. The van der Waals surface area contributed by atoms with Crippen LogP contribution in [-0.2, 0) is 16.0 Å². The summed E-state index contributed by atoms with van der Waals surface area (Å²) in [5, 5.41) is 12.9. The number of carbonyl (C=O) groups excluding carboxylic acids is 2. The van der Waals surface area contributed by atoms with Gasteiger partial charge in [0, 0.05) is 6.54 Å². The van der Waals surface area contributed by atoms with Crippen LogP contribution in [0.1, 0.15) is 69.5 Å². The van der Waals surface area contributed by atoms with Crippen molar-refractivity contribution in [2.24, 2.45) is 5.41 Å². The van der Waals surface area contributed by atoms with Gasteiger partial charge in [0.1, 0.15) is 6.04 Å². The number of carboxylic acid groups (broad SMARTS) is 1. The lowest BCUT2D eigenvalue weighted by atomic mass is 9.65. The number of rotatable bonds is 12. The quantitative estimate of drug-likeness (QED) is 0.413. The molecule has 0 bridgehead atoms. The molecule has 6 nitrogen and oxygen atoms in total. The van der Waals surface area contributed by atoms with Gasteiger partial charge in [-0.3, -0.25) is 14.5 Å². The van der Waals surface area contributed by atoms with E-state index in [0.717, 1.165) is 37.7 Å². The Morgan fingerprint density at radius 3 is 2.18 bits per heavy atom. The van der Waals surface area contributed by atoms with E-state index in [0.29, 0.717) is 12.8 Å². The molecule has 0 aromatic heterocycles. The van der Waals surface area contributed by atoms with Crippen LogP contribution in [0.2, 0.25) is 0 Å². The highest BCUT2D eigenvalue weighted by molar-refractivity contribution is 6.38. The molecule has 2 N–H and O–H groups in total. The van der Waals surface area contributed by atoms with Crippen molar-refractivity contribution in [1.82, 2.24) is 10.2 Å². The van der Waals surface area contributed by atoms with Crippen LogP contribution in [0.4, 0.5) is 4.79 Å². The van der Waals surface area contributed by atoms with E-state index in [1.165, 1.54) is 10.5 Å². The Morgan fingerprint density at radius 2 is 1.65 bits per heavy atom. The zero-order chi connectivity index (χ0) is 24.6. The Labute approximate surface area is 202 Å². The van der Waals surface area contributed by atoms with Crippen molar-refractivity contribution in [2.75, 3.05) is 6.54 Å². The van der Waals surface area contributed by atoms with Crippen LogP contribution in [0.3, 0.4) is 0 Å². The molecular weight excluding hydrogens is 428 g/mol. The summed E-state index contributed by atoms with van der Waals surface area (Å²) in [5.41, 5.74) is 1.86. The van der Waals surface area contributed by atoms with Crippen molar-refractivity contribution in [1.29, 1.82) is 0 Å². The lowest BCUT2D eigenvalue weighted by Crippen LogP contribution is -2.55. The number of nitrogens with zero attached hydrogens (tertiary/aromatic N) is 1. The first kappa shape index (κ1) is 25.5. The maximum Gasteiger partial charge on any atom is 0.407 e. The summed E-state index contributed by atoms with van der Waals surface area (Å²) in [5.74, 6) is -1.40. The summed E-state index contributed by atoms with van der Waals surface area (Å²) < 4.78 is 0. The van der Waals surface area contributed by atoms with Crippen LogP contribution in [0.25, 0.3) is 0 Å². The van der Waals surface area contributed by atoms with E-state index >= 15 is 0 Å². The molecule has 1 fully saturated rings. The van der Waals surface area contributed by atoms with E-state index in [9.17, 15) is 19.5 Å². The molecule has 2 aromatic carbocycles. The normalized spacial score (nSPS) is 16.1. The third kappa shape index (κ3) is 6.46. The molecule has 0 heterocycles. The SMILES string of the molecule is CCCC[C@H](C(=O)C(=O)NC(C)c1ccccc1)N(CC1(Cc2ccccc2)CCC1)C(=O)O. The van der Waals surface area contributed by atoms with Gasteiger partial charge < -0.3 is 10.4 Å². The van der Waals surface area contributed by atoms with E-state index in [2.05, 4.69) is 17.4 Å². The highest BCUT2D eigenvalue weighted by Gasteiger charge is 2.43. The number of benzene rings is 2. The van der Waals surface area contributed by atoms with Gasteiger partial charge in [-0.2, -0.15) is 0 Å². The topological polar surface area (TPSA) is 86.7 Å². The van der Waals surface area contributed by atoms with Crippen molar-refractivity contribution in [3.63, 3.8) is 0 Å². The van der Waals surface area contributed by atoms with Crippen LogP contribution < -0.4 is 5.32 Å². The summed E-state index contributed by atoms with van der Waals surface area (Å²) in [6.45, 7) is 4.08. The molecule has 1 saturated carbocycles. The average Bonchev–Trinajstić information content (AvgIpc) is 2.82. The minimum absolute atomic E-state index is 0.196. The summed E-state index contributed by atoms with van der Waals surface area (Å²) in [6, 6.07) is 18.1. The monoisotopic (exact) mass is 464 g/mol.